The molecule has 0 rings (SSSR count). The minimum atomic E-state index is 0. The number of unbranched alkanes of at least 4 members (excludes halogenated alkanes) is 2. The molecular formula is C13H25NO. The predicted octanol–water partition coefficient (Wildman–Crippen LogP) is 2.69. The fourth-order valence-corrected chi connectivity index (χ4v) is 1.11. The van der Waals surface area contributed by atoms with Crippen molar-refractivity contribution in [2.75, 3.05) is 6.54 Å². The van der Waals surface area contributed by atoms with E-state index >= 15 is 0 Å². The van der Waals surface area contributed by atoms with Crippen LogP contribution in [0, 0.1) is 0 Å². The van der Waals surface area contributed by atoms with Crippen LogP contribution in [0.5, 0.6) is 0 Å². The van der Waals surface area contributed by atoms with Gasteiger partial charge in [0.2, 0.25) is 0 Å². The maximum atomic E-state index is 3.82. The van der Waals surface area contributed by atoms with Crippen LogP contribution in [0.15, 0.2) is 36.0 Å². The highest BCUT2D eigenvalue weighted by atomic mass is 16.0. The summed E-state index contributed by atoms with van der Waals surface area (Å²) in [5.41, 5.74) is 5.14. The minimum Gasteiger partial charge on any atom is -0.870 e. The third kappa shape index (κ3) is 13.1. The van der Waals surface area contributed by atoms with Crippen molar-refractivity contribution in [3.05, 3.63) is 36.0 Å². The molecular weight excluding hydrogens is 186 g/mol. The van der Waals surface area contributed by atoms with Crippen molar-refractivity contribution in [3.8, 4) is 0 Å². The molecule has 0 amide bonds. The van der Waals surface area contributed by atoms with E-state index in [1.54, 1.807) is 0 Å². The first-order valence-electron chi connectivity index (χ1n) is 5.60. The molecule has 0 heterocycles. The SMILES string of the molecule is CCC=CC(C)=CC=CCCCC[NH3+].[OH-]. The van der Waals surface area contributed by atoms with E-state index in [4.69, 9.17) is 0 Å². The number of hydrogen-bond donors (Lipinski definition) is 1. The van der Waals surface area contributed by atoms with E-state index in [0.29, 0.717) is 0 Å². The van der Waals surface area contributed by atoms with Crippen LogP contribution in [-0.2, 0) is 0 Å². The van der Waals surface area contributed by atoms with Crippen LogP contribution in [0.2, 0.25) is 0 Å². The van der Waals surface area contributed by atoms with Gasteiger partial charge in [-0.15, -0.1) is 0 Å². The molecule has 4 N–H and O–H groups in total. The Balaban J connectivity index is 0. The van der Waals surface area contributed by atoms with Crippen LogP contribution < -0.4 is 5.73 Å². The number of allylic oxidation sites excluding steroid dienone is 6. The van der Waals surface area contributed by atoms with Gasteiger partial charge in [-0.25, -0.2) is 0 Å². The summed E-state index contributed by atoms with van der Waals surface area (Å²) in [5.74, 6) is 0. The molecule has 0 aromatic carbocycles. The molecule has 15 heavy (non-hydrogen) atoms. The van der Waals surface area contributed by atoms with Gasteiger partial charge in [0.1, 0.15) is 0 Å². The van der Waals surface area contributed by atoms with Gasteiger partial charge in [0.15, 0.2) is 0 Å². The molecule has 2 heteroatoms. The van der Waals surface area contributed by atoms with E-state index in [1.807, 2.05) is 0 Å². The smallest absolute Gasteiger partial charge is 0.0739 e. The summed E-state index contributed by atoms with van der Waals surface area (Å²) in [5, 5.41) is 0. The quantitative estimate of drug-likeness (QED) is 0.511. The molecule has 0 spiro atoms. The van der Waals surface area contributed by atoms with Crippen LogP contribution in [0.1, 0.15) is 39.5 Å². The Morgan fingerprint density at radius 3 is 2.53 bits per heavy atom. The van der Waals surface area contributed by atoms with Crippen molar-refractivity contribution in [3.63, 3.8) is 0 Å². The highest BCUT2D eigenvalue weighted by molar-refractivity contribution is 5.21. The fourth-order valence-electron chi connectivity index (χ4n) is 1.11. The lowest BCUT2D eigenvalue weighted by atomic mass is 10.2. The lowest BCUT2D eigenvalue weighted by Gasteiger charge is -1.90. The molecule has 0 fully saturated rings. The Kier molecular flexibility index (Phi) is 14.5. The minimum absolute atomic E-state index is 0. The Labute approximate surface area is 93.9 Å². The second-order valence-electron chi connectivity index (χ2n) is 3.50. The Morgan fingerprint density at radius 2 is 1.93 bits per heavy atom. The molecule has 0 saturated carbocycles. The summed E-state index contributed by atoms with van der Waals surface area (Å²) in [7, 11) is 0. The molecule has 0 unspecified atom stereocenters. The Hall–Kier alpha value is -0.860. The molecule has 0 aromatic rings. The van der Waals surface area contributed by atoms with E-state index in [-0.39, 0.29) is 5.48 Å². The normalized spacial score (nSPS) is 12.3. The lowest BCUT2D eigenvalue weighted by molar-refractivity contribution is -0.368. The van der Waals surface area contributed by atoms with Gasteiger partial charge in [-0.2, -0.15) is 0 Å². The first-order valence-corrected chi connectivity index (χ1v) is 5.60. The molecule has 0 aliphatic carbocycles. The van der Waals surface area contributed by atoms with Crippen LogP contribution in [-0.4, -0.2) is 12.0 Å². The summed E-state index contributed by atoms with van der Waals surface area (Å²) in [6.07, 6.45) is 15.7. The second kappa shape index (κ2) is 13.1. The fraction of sp³-hybridized carbons (Fsp3) is 0.538. The van der Waals surface area contributed by atoms with Crippen LogP contribution in [0.3, 0.4) is 0 Å². The van der Waals surface area contributed by atoms with Gasteiger partial charge in [-0.3, -0.25) is 0 Å². The molecule has 0 aromatic heterocycles. The topological polar surface area (TPSA) is 57.6 Å². The lowest BCUT2D eigenvalue weighted by Crippen LogP contribution is -2.50. The Bertz CT molecular complexity index is 205. The zero-order valence-corrected chi connectivity index (χ0v) is 10.1. The Morgan fingerprint density at radius 1 is 1.20 bits per heavy atom. The van der Waals surface area contributed by atoms with Gasteiger partial charge in [0.05, 0.1) is 6.54 Å². The molecule has 0 saturated heterocycles. The maximum absolute atomic E-state index is 3.82. The molecule has 0 radical (unpaired) electrons. The van der Waals surface area contributed by atoms with E-state index in [9.17, 15) is 0 Å². The van der Waals surface area contributed by atoms with E-state index in [0.717, 1.165) is 13.0 Å². The first kappa shape index (κ1) is 16.6. The van der Waals surface area contributed by atoms with Crippen molar-refractivity contribution in [1.29, 1.82) is 0 Å². The van der Waals surface area contributed by atoms with Crippen LogP contribution >= 0.6 is 0 Å². The van der Waals surface area contributed by atoms with Crippen molar-refractivity contribution >= 4 is 0 Å². The summed E-state index contributed by atoms with van der Waals surface area (Å²) in [6.45, 7) is 5.34. The van der Waals surface area contributed by atoms with Gasteiger partial charge in [-0.1, -0.05) is 42.9 Å². The zero-order chi connectivity index (χ0) is 10.6. The molecule has 88 valence electrons. The largest absolute Gasteiger partial charge is 0.870 e. The van der Waals surface area contributed by atoms with Gasteiger partial charge < -0.3 is 11.2 Å². The highest BCUT2D eigenvalue weighted by Gasteiger charge is 1.82. The van der Waals surface area contributed by atoms with E-state index in [2.05, 4.69) is 50.0 Å². The number of rotatable bonds is 7. The van der Waals surface area contributed by atoms with E-state index < -0.39 is 0 Å². The third-order valence-corrected chi connectivity index (χ3v) is 1.98. The molecule has 0 aliphatic heterocycles. The maximum Gasteiger partial charge on any atom is 0.0739 e. The van der Waals surface area contributed by atoms with Crippen molar-refractivity contribution in [2.45, 2.75) is 39.5 Å². The van der Waals surface area contributed by atoms with Crippen LogP contribution in [0.4, 0.5) is 0 Å². The average molecular weight is 211 g/mol. The monoisotopic (exact) mass is 211 g/mol. The average Bonchev–Trinajstić information content (AvgIpc) is 2.20. The van der Waals surface area contributed by atoms with Crippen molar-refractivity contribution in [1.82, 2.24) is 0 Å². The van der Waals surface area contributed by atoms with Gasteiger partial charge in [0, 0.05) is 0 Å². The summed E-state index contributed by atoms with van der Waals surface area (Å²) >= 11 is 0. The highest BCUT2D eigenvalue weighted by Crippen LogP contribution is 1.99. The first-order chi connectivity index (χ1) is 6.81. The number of hydrogen-bond acceptors (Lipinski definition) is 1. The third-order valence-electron chi connectivity index (χ3n) is 1.98. The standard InChI is InChI=1S/C13H23N.H2O/c1-3-4-10-13(2)11-8-6-5-7-9-12-14;/h4,6,8,10-11H,3,5,7,9,12,14H2,1-2H3;1H2. The predicted molar refractivity (Wildman–Crippen MR) is 65.9 cm³/mol. The summed E-state index contributed by atoms with van der Waals surface area (Å²) in [6, 6.07) is 0. The van der Waals surface area contributed by atoms with Crippen molar-refractivity contribution < 1.29 is 11.2 Å². The molecule has 0 aliphatic rings. The number of quaternary nitrogens is 1. The van der Waals surface area contributed by atoms with E-state index in [1.165, 1.54) is 24.8 Å². The summed E-state index contributed by atoms with van der Waals surface area (Å²) < 4.78 is 0. The zero-order valence-electron chi connectivity index (χ0n) is 10.1. The second-order valence-corrected chi connectivity index (χ2v) is 3.50. The molecule has 2 nitrogen and oxygen atoms in total. The van der Waals surface area contributed by atoms with Gasteiger partial charge in [0.25, 0.3) is 0 Å². The van der Waals surface area contributed by atoms with Gasteiger partial charge in [-0.05, 0) is 32.6 Å². The summed E-state index contributed by atoms with van der Waals surface area (Å²) in [4.78, 5) is 0. The van der Waals surface area contributed by atoms with Gasteiger partial charge >= 0.3 is 0 Å². The molecule has 0 atom stereocenters. The molecule has 0 bridgehead atoms. The van der Waals surface area contributed by atoms with Crippen molar-refractivity contribution in [2.24, 2.45) is 0 Å². The van der Waals surface area contributed by atoms with Crippen LogP contribution in [0.25, 0.3) is 0 Å².